The van der Waals surface area contributed by atoms with E-state index in [1.54, 1.807) is 0 Å². The monoisotopic (exact) mass is 200 g/mol. The summed E-state index contributed by atoms with van der Waals surface area (Å²) in [6.07, 6.45) is 0. The summed E-state index contributed by atoms with van der Waals surface area (Å²) in [6, 6.07) is 0. The molecule has 0 amide bonds. The molecule has 0 fully saturated rings. The molecule has 5 heteroatoms. The van der Waals surface area contributed by atoms with Gasteiger partial charge in [0.1, 0.15) is 0 Å². The fraction of sp³-hybridized carbons (Fsp3) is 0.500. The molecule has 0 atom stereocenters. The van der Waals surface area contributed by atoms with Gasteiger partial charge in [-0.1, -0.05) is 25.4 Å². The van der Waals surface area contributed by atoms with Crippen molar-refractivity contribution in [2.75, 3.05) is 5.43 Å². The minimum atomic E-state index is 0.319. The molecule has 1 heterocycles. The summed E-state index contributed by atoms with van der Waals surface area (Å²) in [7, 11) is 0. The molecular weight excluding hydrogens is 188 g/mol. The highest BCUT2D eigenvalue weighted by Gasteiger charge is 2.13. The van der Waals surface area contributed by atoms with Crippen LogP contribution in [0, 0.1) is 6.92 Å². The van der Waals surface area contributed by atoms with Crippen LogP contribution in [0.1, 0.15) is 30.9 Å². The molecule has 0 unspecified atom stereocenters. The Balaban J connectivity index is 3.32. The first-order valence-electron chi connectivity index (χ1n) is 4.07. The van der Waals surface area contributed by atoms with Crippen LogP contribution in [0.2, 0.25) is 5.15 Å². The molecule has 1 aromatic heterocycles. The molecule has 13 heavy (non-hydrogen) atoms. The number of aromatic nitrogens is 2. The Morgan fingerprint density at radius 1 is 1.38 bits per heavy atom. The predicted molar refractivity (Wildman–Crippen MR) is 53.7 cm³/mol. The van der Waals surface area contributed by atoms with Gasteiger partial charge in [0.25, 0.3) is 0 Å². The lowest BCUT2D eigenvalue weighted by atomic mass is 10.0. The molecule has 3 N–H and O–H groups in total. The molecule has 0 aliphatic heterocycles. The molecule has 0 aromatic carbocycles. The van der Waals surface area contributed by atoms with Gasteiger partial charge in [-0.2, -0.15) is 0 Å². The van der Waals surface area contributed by atoms with Crippen molar-refractivity contribution in [1.29, 1.82) is 0 Å². The second kappa shape index (κ2) is 3.89. The van der Waals surface area contributed by atoms with E-state index < -0.39 is 0 Å². The standard InChI is InChI=1S/C8H13ClN4/c1-4(2)6-5(3)7(9)12-13-8(6)11-10/h4H,10H2,1-3H3,(H,11,13). The Morgan fingerprint density at radius 3 is 2.46 bits per heavy atom. The number of nitrogens with one attached hydrogen (secondary N) is 1. The summed E-state index contributed by atoms with van der Waals surface area (Å²) >= 11 is 5.84. The van der Waals surface area contributed by atoms with Crippen LogP contribution >= 0.6 is 11.6 Å². The van der Waals surface area contributed by atoms with Gasteiger partial charge >= 0.3 is 0 Å². The lowest BCUT2D eigenvalue weighted by Gasteiger charge is -2.13. The minimum Gasteiger partial charge on any atom is -0.307 e. The smallest absolute Gasteiger partial charge is 0.166 e. The van der Waals surface area contributed by atoms with Crippen LogP contribution in [-0.4, -0.2) is 10.2 Å². The molecule has 4 nitrogen and oxygen atoms in total. The van der Waals surface area contributed by atoms with E-state index in [4.69, 9.17) is 17.4 Å². The molecule has 0 spiro atoms. The van der Waals surface area contributed by atoms with Gasteiger partial charge in [0.05, 0.1) is 0 Å². The second-order valence-corrected chi connectivity index (χ2v) is 3.54. The van der Waals surface area contributed by atoms with E-state index in [0.29, 0.717) is 16.9 Å². The van der Waals surface area contributed by atoms with Crippen molar-refractivity contribution >= 4 is 17.4 Å². The van der Waals surface area contributed by atoms with E-state index in [1.165, 1.54) is 0 Å². The average molecular weight is 201 g/mol. The Labute approximate surface area is 82.5 Å². The van der Waals surface area contributed by atoms with Crippen molar-refractivity contribution in [1.82, 2.24) is 10.2 Å². The van der Waals surface area contributed by atoms with Crippen LogP contribution in [-0.2, 0) is 0 Å². The van der Waals surface area contributed by atoms with Crippen LogP contribution in [0.15, 0.2) is 0 Å². The van der Waals surface area contributed by atoms with Gasteiger partial charge in [0.2, 0.25) is 0 Å². The highest BCUT2D eigenvalue weighted by molar-refractivity contribution is 6.30. The maximum absolute atomic E-state index is 5.84. The fourth-order valence-electron chi connectivity index (χ4n) is 1.32. The molecule has 0 radical (unpaired) electrons. The van der Waals surface area contributed by atoms with Gasteiger partial charge in [-0.15, -0.1) is 10.2 Å². The SMILES string of the molecule is Cc1c(Cl)nnc(NN)c1C(C)C. The summed E-state index contributed by atoms with van der Waals surface area (Å²) in [5.74, 6) is 6.22. The second-order valence-electron chi connectivity index (χ2n) is 3.18. The van der Waals surface area contributed by atoms with Crippen LogP contribution < -0.4 is 11.3 Å². The third-order valence-electron chi connectivity index (χ3n) is 1.92. The van der Waals surface area contributed by atoms with Gasteiger partial charge in [0.15, 0.2) is 11.0 Å². The van der Waals surface area contributed by atoms with Gasteiger partial charge in [-0.3, -0.25) is 0 Å². The first-order valence-corrected chi connectivity index (χ1v) is 4.45. The number of nitrogens with two attached hydrogens (primary N) is 1. The summed E-state index contributed by atoms with van der Waals surface area (Å²) in [6.45, 7) is 6.02. The first-order chi connectivity index (χ1) is 6.07. The maximum atomic E-state index is 5.84. The Kier molecular flexibility index (Phi) is 3.06. The number of hydrazine groups is 1. The number of nitrogen functional groups attached to an aromatic ring is 1. The highest BCUT2D eigenvalue weighted by atomic mass is 35.5. The van der Waals surface area contributed by atoms with Gasteiger partial charge in [-0.05, 0) is 18.4 Å². The molecule has 0 aliphatic rings. The van der Waals surface area contributed by atoms with E-state index >= 15 is 0 Å². The Hall–Kier alpha value is -0.870. The van der Waals surface area contributed by atoms with Crippen molar-refractivity contribution in [2.45, 2.75) is 26.7 Å². The third-order valence-corrected chi connectivity index (χ3v) is 2.28. The predicted octanol–water partition coefficient (Wildman–Crippen LogP) is 1.85. The number of hydrogen-bond donors (Lipinski definition) is 2. The number of halogens is 1. The van der Waals surface area contributed by atoms with Crippen molar-refractivity contribution in [3.8, 4) is 0 Å². The third kappa shape index (κ3) is 1.89. The minimum absolute atomic E-state index is 0.319. The zero-order chi connectivity index (χ0) is 10.0. The van der Waals surface area contributed by atoms with Crippen LogP contribution in [0.4, 0.5) is 5.82 Å². The van der Waals surface area contributed by atoms with Crippen molar-refractivity contribution in [3.63, 3.8) is 0 Å². The zero-order valence-electron chi connectivity index (χ0n) is 7.93. The van der Waals surface area contributed by atoms with E-state index in [1.807, 2.05) is 6.92 Å². The molecule has 0 bridgehead atoms. The molecule has 0 aliphatic carbocycles. The average Bonchev–Trinajstić information content (AvgIpc) is 2.08. The van der Waals surface area contributed by atoms with Crippen LogP contribution in [0.25, 0.3) is 0 Å². The summed E-state index contributed by atoms with van der Waals surface area (Å²) in [5, 5.41) is 8.06. The van der Waals surface area contributed by atoms with Crippen LogP contribution in [0.5, 0.6) is 0 Å². The Morgan fingerprint density at radius 2 is 2.00 bits per heavy atom. The fourth-order valence-corrected chi connectivity index (χ4v) is 1.46. The molecule has 1 aromatic rings. The maximum Gasteiger partial charge on any atom is 0.166 e. The highest BCUT2D eigenvalue weighted by Crippen LogP contribution is 2.27. The van der Waals surface area contributed by atoms with E-state index in [0.717, 1.165) is 11.1 Å². The molecular formula is C8H13ClN4. The quantitative estimate of drug-likeness (QED) is 0.565. The number of nitrogens with zero attached hydrogens (tertiary/aromatic N) is 2. The molecule has 0 saturated carbocycles. The number of anilines is 1. The van der Waals surface area contributed by atoms with Gasteiger partial charge in [0, 0.05) is 5.56 Å². The van der Waals surface area contributed by atoms with Crippen molar-refractivity contribution in [2.24, 2.45) is 5.84 Å². The number of hydrogen-bond acceptors (Lipinski definition) is 4. The first kappa shape index (κ1) is 10.2. The van der Waals surface area contributed by atoms with E-state index in [2.05, 4.69) is 29.5 Å². The van der Waals surface area contributed by atoms with Gasteiger partial charge < -0.3 is 5.43 Å². The summed E-state index contributed by atoms with van der Waals surface area (Å²) in [5.41, 5.74) is 4.46. The van der Waals surface area contributed by atoms with Crippen molar-refractivity contribution < 1.29 is 0 Å². The Bertz CT molecular complexity index is 311. The molecule has 1 rings (SSSR count). The van der Waals surface area contributed by atoms with Gasteiger partial charge in [-0.25, -0.2) is 5.84 Å². The summed E-state index contributed by atoms with van der Waals surface area (Å²) < 4.78 is 0. The lowest BCUT2D eigenvalue weighted by molar-refractivity contribution is 0.830. The normalized spacial score (nSPS) is 10.6. The van der Waals surface area contributed by atoms with Crippen LogP contribution in [0.3, 0.4) is 0 Å². The summed E-state index contributed by atoms with van der Waals surface area (Å²) in [4.78, 5) is 0. The van der Waals surface area contributed by atoms with E-state index in [-0.39, 0.29) is 0 Å². The topological polar surface area (TPSA) is 63.8 Å². The largest absolute Gasteiger partial charge is 0.307 e. The number of rotatable bonds is 2. The van der Waals surface area contributed by atoms with Crippen molar-refractivity contribution in [3.05, 3.63) is 16.3 Å². The lowest BCUT2D eigenvalue weighted by Crippen LogP contribution is -2.14. The zero-order valence-corrected chi connectivity index (χ0v) is 8.68. The molecule has 0 saturated heterocycles. The molecule has 72 valence electrons. The van der Waals surface area contributed by atoms with E-state index in [9.17, 15) is 0 Å².